The first-order valence-corrected chi connectivity index (χ1v) is 6.39. The average Bonchev–Trinajstić information content (AvgIpc) is 2.64. The minimum atomic E-state index is 0.519. The first kappa shape index (κ1) is 12.1. The van der Waals surface area contributed by atoms with Crippen molar-refractivity contribution in [2.75, 3.05) is 13.2 Å². The van der Waals surface area contributed by atoms with Gasteiger partial charge in [0.1, 0.15) is 0 Å². The zero-order valence-corrected chi connectivity index (χ0v) is 10.2. The van der Waals surface area contributed by atoms with Crippen LogP contribution in [0.25, 0.3) is 0 Å². The van der Waals surface area contributed by atoms with Crippen LogP contribution in [-0.2, 0) is 4.74 Å². The van der Waals surface area contributed by atoms with Crippen LogP contribution in [0.4, 0.5) is 0 Å². The molecule has 0 spiro atoms. The van der Waals surface area contributed by atoms with E-state index in [2.05, 4.69) is 54.7 Å². The number of ether oxygens (including phenoxy) is 1. The molecule has 1 aliphatic heterocycles. The van der Waals surface area contributed by atoms with Gasteiger partial charge in [-0.15, -0.1) is 0 Å². The highest BCUT2D eigenvalue weighted by atomic mass is 16.5. The fourth-order valence-corrected chi connectivity index (χ4v) is 2.10. The minimum Gasteiger partial charge on any atom is -0.377 e. The Kier molecular flexibility index (Phi) is 5.05. The van der Waals surface area contributed by atoms with E-state index in [1.807, 2.05) is 0 Å². The SMILES string of the molecule is C1=CCC=CC(C2CC/C=C\C=C/COC2)=C1. The molecule has 0 saturated heterocycles. The molecule has 0 aromatic rings. The molecule has 0 bridgehead atoms. The average molecular weight is 228 g/mol. The predicted molar refractivity (Wildman–Crippen MR) is 72.8 cm³/mol. The summed E-state index contributed by atoms with van der Waals surface area (Å²) in [4.78, 5) is 0. The quantitative estimate of drug-likeness (QED) is 0.660. The van der Waals surface area contributed by atoms with Gasteiger partial charge in [-0.1, -0.05) is 54.7 Å². The molecule has 1 heteroatoms. The summed E-state index contributed by atoms with van der Waals surface area (Å²) in [5.41, 5.74) is 1.40. The molecule has 0 saturated carbocycles. The van der Waals surface area contributed by atoms with Gasteiger partial charge in [-0.05, 0) is 24.8 Å². The molecule has 17 heavy (non-hydrogen) atoms. The highest BCUT2D eigenvalue weighted by Gasteiger charge is 2.12. The largest absolute Gasteiger partial charge is 0.377 e. The normalized spacial score (nSPS) is 29.2. The van der Waals surface area contributed by atoms with Gasteiger partial charge in [-0.25, -0.2) is 0 Å². The van der Waals surface area contributed by atoms with Crippen LogP contribution in [0, 0.1) is 5.92 Å². The topological polar surface area (TPSA) is 9.23 Å². The zero-order chi connectivity index (χ0) is 11.8. The van der Waals surface area contributed by atoms with Crippen molar-refractivity contribution < 1.29 is 4.74 Å². The van der Waals surface area contributed by atoms with E-state index in [-0.39, 0.29) is 0 Å². The highest BCUT2D eigenvalue weighted by Crippen LogP contribution is 2.21. The predicted octanol–water partition coefficient (Wildman–Crippen LogP) is 3.97. The van der Waals surface area contributed by atoms with Gasteiger partial charge in [-0.3, -0.25) is 0 Å². The fraction of sp³-hybridized carbons (Fsp3) is 0.375. The molecule has 0 fully saturated rings. The summed E-state index contributed by atoms with van der Waals surface area (Å²) in [6, 6.07) is 0. The summed E-state index contributed by atoms with van der Waals surface area (Å²) in [5, 5.41) is 0. The molecule has 0 amide bonds. The van der Waals surface area contributed by atoms with Gasteiger partial charge < -0.3 is 4.74 Å². The van der Waals surface area contributed by atoms with Crippen molar-refractivity contribution in [2.45, 2.75) is 19.3 Å². The first-order chi connectivity index (χ1) is 8.47. The van der Waals surface area contributed by atoms with Crippen LogP contribution in [0.2, 0.25) is 0 Å². The van der Waals surface area contributed by atoms with Gasteiger partial charge >= 0.3 is 0 Å². The highest BCUT2D eigenvalue weighted by molar-refractivity contribution is 5.29. The van der Waals surface area contributed by atoms with Crippen molar-refractivity contribution in [3.05, 3.63) is 60.3 Å². The van der Waals surface area contributed by atoms with Gasteiger partial charge in [0.15, 0.2) is 0 Å². The molecule has 1 unspecified atom stereocenters. The van der Waals surface area contributed by atoms with Crippen LogP contribution < -0.4 is 0 Å². The van der Waals surface area contributed by atoms with Gasteiger partial charge in [0.2, 0.25) is 0 Å². The van der Waals surface area contributed by atoms with Crippen LogP contribution in [0.1, 0.15) is 19.3 Å². The Bertz CT molecular complexity index is 369. The molecule has 0 aromatic heterocycles. The molecule has 1 nitrogen and oxygen atoms in total. The van der Waals surface area contributed by atoms with Crippen molar-refractivity contribution in [1.82, 2.24) is 0 Å². The van der Waals surface area contributed by atoms with Crippen LogP contribution in [0.5, 0.6) is 0 Å². The second-order valence-electron chi connectivity index (χ2n) is 4.40. The van der Waals surface area contributed by atoms with Gasteiger partial charge in [0.25, 0.3) is 0 Å². The third-order valence-corrected chi connectivity index (χ3v) is 3.08. The Labute approximate surface area is 104 Å². The third kappa shape index (κ3) is 4.20. The van der Waals surface area contributed by atoms with E-state index in [0.29, 0.717) is 12.5 Å². The summed E-state index contributed by atoms with van der Waals surface area (Å²) < 4.78 is 5.70. The van der Waals surface area contributed by atoms with Crippen LogP contribution >= 0.6 is 0 Å². The fourth-order valence-electron chi connectivity index (χ4n) is 2.10. The second kappa shape index (κ2) is 7.08. The maximum Gasteiger partial charge on any atom is 0.0650 e. The van der Waals surface area contributed by atoms with Gasteiger partial charge in [0, 0.05) is 5.92 Å². The number of hydrogen-bond donors (Lipinski definition) is 0. The van der Waals surface area contributed by atoms with Crippen molar-refractivity contribution in [1.29, 1.82) is 0 Å². The molecule has 90 valence electrons. The molecule has 2 rings (SSSR count). The van der Waals surface area contributed by atoms with Crippen molar-refractivity contribution in [3.63, 3.8) is 0 Å². The molecule has 1 aliphatic carbocycles. The number of hydrogen-bond acceptors (Lipinski definition) is 1. The maximum absolute atomic E-state index is 5.70. The summed E-state index contributed by atoms with van der Waals surface area (Å²) in [5.74, 6) is 0.519. The molecule has 0 aromatic carbocycles. The van der Waals surface area contributed by atoms with E-state index < -0.39 is 0 Å². The van der Waals surface area contributed by atoms with E-state index in [1.54, 1.807) is 0 Å². The zero-order valence-electron chi connectivity index (χ0n) is 10.2. The Hall–Kier alpha value is -1.34. The molecule has 0 radical (unpaired) electrons. The van der Waals surface area contributed by atoms with Crippen LogP contribution in [-0.4, -0.2) is 13.2 Å². The molecule has 1 atom stereocenters. The standard InChI is InChI=1S/C16H20O/c1-2-8-12-16(14-17-13-9-5-1)15-10-6-3-4-7-11-15/h1-3,5-7,9-11,16H,4,8,12-14H2/b2-1-,9-5-. The molecule has 1 heterocycles. The van der Waals surface area contributed by atoms with Crippen molar-refractivity contribution in [3.8, 4) is 0 Å². The lowest BCUT2D eigenvalue weighted by Crippen LogP contribution is -2.12. The summed E-state index contributed by atoms with van der Waals surface area (Å²) in [7, 11) is 0. The molecular formula is C16H20O. The molecule has 2 aliphatic rings. The number of rotatable bonds is 1. The second-order valence-corrected chi connectivity index (χ2v) is 4.40. The summed E-state index contributed by atoms with van der Waals surface area (Å²) in [6.07, 6.45) is 22.8. The van der Waals surface area contributed by atoms with Crippen LogP contribution in [0.15, 0.2) is 60.3 Å². The van der Waals surface area contributed by atoms with Gasteiger partial charge in [-0.2, -0.15) is 0 Å². The summed E-state index contributed by atoms with van der Waals surface area (Å²) in [6.45, 7) is 1.54. The maximum atomic E-state index is 5.70. The van der Waals surface area contributed by atoms with Crippen molar-refractivity contribution in [2.24, 2.45) is 5.92 Å². The Morgan fingerprint density at radius 1 is 1.00 bits per heavy atom. The first-order valence-electron chi connectivity index (χ1n) is 6.39. The Morgan fingerprint density at radius 3 is 2.94 bits per heavy atom. The Balaban J connectivity index is 2.02. The van der Waals surface area contributed by atoms with E-state index in [4.69, 9.17) is 4.74 Å². The van der Waals surface area contributed by atoms with E-state index in [1.165, 1.54) is 5.57 Å². The Morgan fingerprint density at radius 2 is 1.94 bits per heavy atom. The number of allylic oxidation sites excluding steroid dienone is 8. The van der Waals surface area contributed by atoms with Crippen molar-refractivity contribution >= 4 is 0 Å². The van der Waals surface area contributed by atoms with Crippen LogP contribution in [0.3, 0.4) is 0 Å². The smallest absolute Gasteiger partial charge is 0.0650 e. The molecular weight excluding hydrogens is 208 g/mol. The van der Waals surface area contributed by atoms with Gasteiger partial charge in [0.05, 0.1) is 13.2 Å². The third-order valence-electron chi connectivity index (χ3n) is 3.08. The lowest BCUT2D eigenvalue weighted by atomic mass is 9.94. The minimum absolute atomic E-state index is 0.519. The monoisotopic (exact) mass is 228 g/mol. The van der Waals surface area contributed by atoms with E-state index in [9.17, 15) is 0 Å². The lowest BCUT2D eigenvalue weighted by Gasteiger charge is -2.17. The summed E-state index contributed by atoms with van der Waals surface area (Å²) >= 11 is 0. The van der Waals surface area contributed by atoms with E-state index in [0.717, 1.165) is 25.9 Å². The van der Waals surface area contributed by atoms with E-state index >= 15 is 0 Å². The lowest BCUT2D eigenvalue weighted by molar-refractivity contribution is 0.132. The molecule has 0 N–H and O–H groups in total.